The number of methoxy groups -OCH3 is 1. The van der Waals surface area contributed by atoms with Crippen molar-refractivity contribution < 1.29 is 9.53 Å². The van der Waals surface area contributed by atoms with Crippen molar-refractivity contribution in [2.24, 2.45) is 0 Å². The molecule has 0 atom stereocenters. The minimum Gasteiger partial charge on any atom is -0.452 e. The Morgan fingerprint density at radius 2 is 2.50 bits per heavy atom. The second-order valence-electron chi connectivity index (χ2n) is 1.89. The first-order chi connectivity index (χ1) is 4.74. The van der Waals surface area contributed by atoms with E-state index in [0.717, 1.165) is 5.69 Å². The van der Waals surface area contributed by atoms with E-state index in [2.05, 4.69) is 9.72 Å². The lowest BCUT2D eigenvalue weighted by Crippen LogP contribution is -2.08. The van der Waals surface area contributed by atoms with Gasteiger partial charge in [-0.05, 0) is 6.92 Å². The molecule has 0 aliphatic heterocycles. The van der Waals surface area contributed by atoms with E-state index < -0.39 is 6.09 Å². The summed E-state index contributed by atoms with van der Waals surface area (Å²) in [7, 11) is 1.33. The van der Waals surface area contributed by atoms with Crippen LogP contribution in [0.5, 0.6) is 0 Å². The van der Waals surface area contributed by atoms with Gasteiger partial charge in [0.15, 0.2) is 0 Å². The molecule has 0 spiro atoms. The van der Waals surface area contributed by atoms with E-state index in [0.29, 0.717) is 0 Å². The van der Waals surface area contributed by atoms with Crippen molar-refractivity contribution in [2.45, 2.75) is 6.92 Å². The van der Waals surface area contributed by atoms with Crippen LogP contribution >= 0.6 is 0 Å². The zero-order chi connectivity index (χ0) is 7.56. The molecule has 54 valence electrons. The predicted molar refractivity (Wildman–Crippen MR) is 34.8 cm³/mol. The van der Waals surface area contributed by atoms with Gasteiger partial charge in [0, 0.05) is 6.20 Å². The number of ether oxygens (including phenoxy) is 1. The Hall–Kier alpha value is -1.32. The van der Waals surface area contributed by atoms with E-state index in [1.54, 1.807) is 13.1 Å². The monoisotopic (exact) mass is 140 g/mol. The van der Waals surface area contributed by atoms with E-state index in [9.17, 15) is 4.79 Å². The molecule has 0 bridgehead atoms. The predicted octanol–water partition coefficient (Wildman–Crippen LogP) is 0.806. The summed E-state index contributed by atoms with van der Waals surface area (Å²) in [4.78, 5) is 14.6. The smallest absolute Gasteiger partial charge is 0.418 e. The fourth-order valence-corrected chi connectivity index (χ4v) is 0.626. The first-order valence-electron chi connectivity index (χ1n) is 2.83. The normalized spacial score (nSPS) is 9.40. The molecular weight excluding hydrogens is 132 g/mol. The Morgan fingerprint density at radius 1 is 1.80 bits per heavy atom. The number of rotatable bonds is 0. The van der Waals surface area contributed by atoms with Gasteiger partial charge < -0.3 is 4.74 Å². The summed E-state index contributed by atoms with van der Waals surface area (Å²) in [6.07, 6.45) is 2.60. The molecule has 10 heavy (non-hydrogen) atoms. The van der Waals surface area contributed by atoms with Gasteiger partial charge in [0.05, 0.1) is 12.8 Å². The number of aryl methyl sites for hydroxylation is 1. The molecule has 0 saturated carbocycles. The van der Waals surface area contributed by atoms with Crippen LogP contribution in [0.15, 0.2) is 12.5 Å². The average molecular weight is 140 g/mol. The molecule has 1 rings (SSSR count). The van der Waals surface area contributed by atoms with Gasteiger partial charge in [-0.1, -0.05) is 0 Å². The minimum atomic E-state index is -0.416. The fraction of sp³-hybridized carbons (Fsp3) is 0.333. The molecule has 0 saturated heterocycles. The SMILES string of the molecule is COC(=O)n1cnc(C)c1. The van der Waals surface area contributed by atoms with Gasteiger partial charge in [-0.3, -0.25) is 0 Å². The zero-order valence-corrected chi connectivity index (χ0v) is 5.87. The summed E-state index contributed by atoms with van der Waals surface area (Å²) < 4.78 is 5.72. The number of nitrogens with zero attached hydrogens (tertiary/aromatic N) is 2. The first-order valence-corrected chi connectivity index (χ1v) is 2.83. The lowest BCUT2D eigenvalue weighted by atomic mass is 10.6. The first kappa shape index (κ1) is 6.80. The molecule has 0 amide bonds. The standard InChI is InChI=1S/C6H8N2O2/c1-5-3-8(4-7-5)6(9)10-2/h3-4H,1-2H3. The fourth-order valence-electron chi connectivity index (χ4n) is 0.626. The lowest BCUT2D eigenvalue weighted by molar-refractivity contribution is 0.173. The average Bonchev–Trinajstić information content (AvgIpc) is 2.34. The summed E-state index contributed by atoms with van der Waals surface area (Å²) in [5, 5.41) is 0. The number of hydrogen-bond donors (Lipinski definition) is 0. The van der Waals surface area contributed by atoms with Crippen LogP contribution in [0.1, 0.15) is 5.69 Å². The molecule has 4 heteroatoms. The van der Waals surface area contributed by atoms with Crippen molar-refractivity contribution in [3.63, 3.8) is 0 Å². The van der Waals surface area contributed by atoms with Gasteiger partial charge in [-0.25, -0.2) is 14.3 Å². The summed E-state index contributed by atoms with van der Waals surface area (Å²) in [6.45, 7) is 1.80. The molecule has 1 aromatic rings. The molecule has 0 aromatic carbocycles. The molecule has 1 aromatic heterocycles. The van der Waals surface area contributed by atoms with Crippen LogP contribution in [0, 0.1) is 6.92 Å². The maximum absolute atomic E-state index is 10.7. The Bertz CT molecular complexity index is 242. The van der Waals surface area contributed by atoms with Gasteiger partial charge >= 0.3 is 6.09 Å². The summed E-state index contributed by atoms with van der Waals surface area (Å²) in [5.41, 5.74) is 0.797. The highest BCUT2D eigenvalue weighted by molar-refractivity contribution is 5.69. The number of hydrogen-bond acceptors (Lipinski definition) is 3. The van der Waals surface area contributed by atoms with Gasteiger partial charge in [0.1, 0.15) is 6.33 Å². The Morgan fingerprint density at radius 3 is 2.90 bits per heavy atom. The van der Waals surface area contributed by atoms with E-state index in [4.69, 9.17) is 0 Å². The van der Waals surface area contributed by atoms with E-state index in [-0.39, 0.29) is 0 Å². The Kier molecular flexibility index (Phi) is 1.71. The number of imidazole rings is 1. The van der Waals surface area contributed by atoms with Crippen LogP contribution in [-0.2, 0) is 4.74 Å². The quantitative estimate of drug-likeness (QED) is 0.535. The third-order valence-corrected chi connectivity index (χ3v) is 1.10. The van der Waals surface area contributed by atoms with Crippen LogP contribution in [0.3, 0.4) is 0 Å². The lowest BCUT2D eigenvalue weighted by Gasteiger charge is -1.94. The number of carbonyl (C=O) groups excluding carboxylic acids is 1. The highest BCUT2D eigenvalue weighted by Gasteiger charge is 2.01. The molecular formula is C6H8N2O2. The zero-order valence-electron chi connectivity index (χ0n) is 5.87. The summed E-state index contributed by atoms with van der Waals surface area (Å²) in [6, 6.07) is 0. The highest BCUT2D eigenvalue weighted by Crippen LogP contribution is 1.93. The van der Waals surface area contributed by atoms with E-state index >= 15 is 0 Å². The van der Waals surface area contributed by atoms with Crippen LogP contribution in [0.2, 0.25) is 0 Å². The van der Waals surface area contributed by atoms with Crippen LogP contribution < -0.4 is 0 Å². The van der Waals surface area contributed by atoms with Crippen LogP contribution in [0.4, 0.5) is 4.79 Å². The van der Waals surface area contributed by atoms with Crippen LogP contribution in [-0.4, -0.2) is 22.8 Å². The minimum absolute atomic E-state index is 0.416. The summed E-state index contributed by atoms with van der Waals surface area (Å²) >= 11 is 0. The van der Waals surface area contributed by atoms with Gasteiger partial charge in [-0.2, -0.15) is 0 Å². The largest absolute Gasteiger partial charge is 0.452 e. The second-order valence-corrected chi connectivity index (χ2v) is 1.89. The molecule has 0 fully saturated rings. The van der Waals surface area contributed by atoms with Gasteiger partial charge in [0.25, 0.3) is 0 Å². The van der Waals surface area contributed by atoms with Crippen molar-refractivity contribution in [2.75, 3.05) is 7.11 Å². The van der Waals surface area contributed by atoms with Crippen molar-refractivity contribution >= 4 is 6.09 Å². The molecule has 0 aliphatic carbocycles. The van der Waals surface area contributed by atoms with E-state index in [1.165, 1.54) is 18.0 Å². The van der Waals surface area contributed by atoms with Gasteiger partial charge in [0.2, 0.25) is 0 Å². The Labute approximate surface area is 58.4 Å². The maximum Gasteiger partial charge on any atom is 0.418 e. The Balaban J connectivity index is 2.85. The summed E-state index contributed by atoms with van der Waals surface area (Å²) in [5.74, 6) is 0. The third-order valence-electron chi connectivity index (χ3n) is 1.10. The maximum atomic E-state index is 10.7. The second kappa shape index (κ2) is 2.51. The van der Waals surface area contributed by atoms with Crippen molar-refractivity contribution in [1.82, 2.24) is 9.55 Å². The molecule has 0 unspecified atom stereocenters. The third kappa shape index (κ3) is 1.15. The molecule has 0 radical (unpaired) electrons. The van der Waals surface area contributed by atoms with Crippen LogP contribution in [0.25, 0.3) is 0 Å². The number of carbonyl (C=O) groups is 1. The molecule has 4 nitrogen and oxygen atoms in total. The van der Waals surface area contributed by atoms with Crippen molar-refractivity contribution in [1.29, 1.82) is 0 Å². The van der Waals surface area contributed by atoms with Gasteiger partial charge in [-0.15, -0.1) is 0 Å². The topological polar surface area (TPSA) is 44.1 Å². The van der Waals surface area contributed by atoms with Crippen molar-refractivity contribution in [3.05, 3.63) is 18.2 Å². The van der Waals surface area contributed by atoms with Crippen molar-refractivity contribution in [3.8, 4) is 0 Å². The molecule has 0 aliphatic rings. The number of aromatic nitrogens is 2. The molecule has 0 N–H and O–H groups in total. The van der Waals surface area contributed by atoms with E-state index in [1.807, 2.05) is 0 Å². The molecule has 1 heterocycles. The highest BCUT2D eigenvalue weighted by atomic mass is 16.5.